The zero-order chi connectivity index (χ0) is 21.1. The molecule has 1 aliphatic rings. The van der Waals surface area contributed by atoms with E-state index in [9.17, 15) is 9.18 Å². The van der Waals surface area contributed by atoms with E-state index < -0.39 is 11.7 Å². The first-order chi connectivity index (χ1) is 14.6. The van der Waals surface area contributed by atoms with Crippen molar-refractivity contribution in [2.45, 2.75) is 13.0 Å². The van der Waals surface area contributed by atoms with Crippen LogP contribution in [0.5, 0.6) is 5.75 Å². The fourth-order valence-corrected chi connectivity index (χ4v) is 3.52. The Morgan fingerprint density at radius 3 is 3.03 bits per heavy atom. The summed E-state index contributed by atoms with van der Waals surface area (Å²) < 4.78 is 24.5. The van der Waals surface area contributed by atoms with Gasteiger partial charge < -0.3 is 19.8 Å². The summed E-state index contributed by atoms with van der Waals surface area (Å²) in [7, 11) is 3.08. The van der Waals surface area contributed by atoms with E-state index in [2.05, 4.69) is 30.4 Å². The Kier molecular flexibility index (Phi) is 5.77. The number of anilines is 1. The van der Waals surface area contributed by atoms with Gasteiger partial charge in [0.25, 0.3) is 5.91 Å². The summed E-state index contributed by atoms with van der Waals surface area (Å²) in [6, 6.07) is 4.23. The Morgan fingerprint density at radius 2 is 2.23 bits per heavy atom. The molecule has 0 atom stereocenters. The number of imidazole rings is 1. The van der Waals surface area contributed by atoms with Crippen LogP contribution in [-0.4, -0.2) is 64.9 Å². The molecule has 0 bridgehead atoms. The third-order valence-corrected chi connectivity index (χ3v) is 5.07. The van der Waals surface area contributed by atoms with Gasteiger partial charge in [-0.3, -0.25) is 14.8 Å². The van der Waals surface area contributed by atoms with E-state index >= 15 is 0 Å². The van der Waals surface area contributed by atoms with E-state index in [-0.39, 0.29) is 11.3 Å². The molecule has 1 aromatic carbocycles. The molecule has 0 saturated heterocycles. The Bertz CT molecular complexity index is 1050. The van der Waals surface area contributed by atoms with Gasteiger partial charge in [-0.25, -0.2) is 9.37 Å². The van der Waals surface area contributed by atoms with Crippen LogP contribution >= 0.6 is 0 Å². The Labute approximate surface area is 172 Å². The highest BCUT2D eigenvalue weighted by Crippen LogP contribution is 2.28. The Balaban J connectivity index is 1.55. The minimum atomic E-state index is -0.665. The SMILES string of the molecule is COCCN1CCc2nc(-c3[nH]ncc3NC(=O)c3c(F)cccc3OC)[nH]c2C1. The molecule has 158 valence electrons. The monoisotopic (exact) mass is 414 g/mol. The highest BCUT2D eigenvalue weighted by atomic mass is 19.1. The van der Waals surface area contributed by atoms with Crippen molar-refractivity contribution < 1.29 is 18.7 Å². The molecule has 9 nitrogen and oxygen atoms in total. The normalized spacial score (nSPS) is 13.8. The van der Waals surface area contributed by atoms with E-state index in [0.717, 1.165) is 37.4 Å². The maximum atomic E-state index is 14.2. The van der Waals surface area contributed by atoms with Crippen molar-refractivity contribution in [1.29, 1.82) is 0 Å². The minimum absolute atomic E-state index is 0.155. The molecule has 10 heteroatoms. The highest BCUT2D eigenvalue weighted by molar-refractivity contribution is 6.07. The van der Waals surface area contributed by atoms with E-state index in [4.69, 9.17) is 9.47 Å². The largest absolute Gasteiger partial charge is 0.496 e. The molecule has 0 unspecified atom stereocenters. The summed E-state index contributed by atoms with van der Waals surface area (Å²) in [5.74, 6) is -0.569. The molecule has 0 aliphatic carbocycles. The average molecular weight is 414 g/mol. The Morgan fingerprint density at radius 1 is 1.37 bits per heavy atom. The van der Waals surface area contributed by atoms with Gasteiger partial charge in [-0.05, 0) is 12.1 Å². The van der Waals surface area contributed by atoms with Gasteiger partial charge in [0.15, 0.2) is 5.82 Å². The zero-order valence-corrected chi connectivity index (χ0v) is 16.8. The lowest BCUT2D eigenvalue weighted by Gasteiger charge is -2.25. The molecule has 2 aromatic heterocycles. The van der Waals surface area contributed by atoms with Crippen LogP contribution in [0.1, 0.15) is 21.7 Å². The molecular weight excluding hydrogens is 391 g/mol. The summed E-state index contributed by atoms with van der Waals surface area (Å²) in [6.45, 7) is 3.17. The quantitative estimate of drug-likeness (QED) is 0.547. The number of aromatic amines is 2. The predicted octanol–water partition coefficient (Wildman–Crippen LogP) is 2.20. The third kappa shape index (κ3) is 3.91. The van der Waals surface area contributed by atoms with E-state index in [1.165, 1.54) is 31.5 Å². The van der Waals surface area contributed by atoms with Crippen LogP contribution < -0.4 is 10.1 Å². The molecular formula is C20H23FN6O3. The number of nitrogens with one attached hydrogen (secondary N) is 3. The highest BCUT2D eigenvalue weighted by Gasteiger charge is 2.24. The van der Waals surface area contributed by atoms with Crippen molar-refractivity contribution in [2.24, 2.45) is 0 Å². The second-order valence-electron chi connectivity index (χ2n) is 6.96. The van der Waals surface area contributed by atoms with Crippen molar-refractivity contribution in [3.05, 3.63) is 47.2 Å². The van der Waals surface area contributed by atoms with Crippen LogP contribution in [-0.2, 0) is 17.7 Å². The van der Waals surface area contributed by atoms with Gasteiger partial charge in [0.2, 0.25) is 0 Å². The number of amides is 1. The van der Waals surface area contributed by atoms with E-state index in [0.29, 0.717) is 23.8 Å². The molecule has 1 aliphatic heterocycles. The zero-order valence-electron chi connectivity index (χ0n) is 16.8. The van der Waals surface area contributed by atoms with Crippen LogP contribution in [0, 0.1) is 5.82 Å². The molecule has 4 rings (SSSR count). The standard InChI is InChI=1S/C20H23FN6O3/c1-29-9-8-27-7-6-13-15(11-27)24-19(23-13)18-14(10-22-26-18)25-20(28)17-12(21)4-3-5-16(17)30-2/h3-5,10H,6-9,11H2,1-2H3,(H,22,26)(H,23,24)(H,25,28). The fraction of sp³-hybridized carbons (Fsp3) is 0.350. The number of fused-ring (bicyclic) bond motifs is 1. The topological polar surface area (TPSA) is 108 Å². The molecule has 0 spiro atoms. The number of benzene rings is 1. The second-order valence-corrected chi connectivity index (χ2v) is 6.96. The van der Waals surface area contributed by atoms with Crippen LogP contribution in [0.15, 0.2) is 24.4 Å². The van der Waals surface area contributed by atoms with Crippen molar-refractivity contribution in [2.75, 3.05) is 39.2 Å². The van der Waals surface area contributed by atoms with E-state index in [1.54, 1.807) is 7.11 Å². The number of rotatable bonds is 7. The summed E-state index contributed by atoms with van der Waals surface area (Å²) in [5, 5.41) is 9.58. The lowest BCUT2D eigenvalue weighted by Crippen LogP contribution is -2.33. The summed E-state index contributed by atoms with van der Waals surface area (Å²) in [5.41, 5.74) is 2.76. The number of methoxy groups -OCH3 is 2. The maximum Gasteiger partial charge on any atom is 0.262 e. The maximum absolute atomic E-state index is 14.2. The predicted molar refractivity (Wildman–Crippen MR) is 108 cm³/mol. The lowest BCUT2D eigenvalue weighted by atomic mass is 10.1. The number of aromatic nitrogens is 4. The average Bonchev–Trinajstić information content (AvgIpc) is 3.37. The van der Waals surface area contributed by atoms with Crippen LogP contribution in [0.4, 0.5) is 10.1 Å². The third-order valence-electron chi connectivity index (χ3n) is 5.07. The van der Waals surface area contributed by atoms with Crippen molar-refractivity contribution >= 4 is 11.6 Å². The number of hydrogen-bond acceptors (Lipinski definition) is 6. The molecule has 3 heterocycles. The van der Waals surface area contributed by atoms with Crippen molar-refractivity contribution in [3.63, 3.8) is 0 Å². The molecule has 30 heavy (non-hydrogen) atoms. The first-order valence-electron chi connectivity index (χ1n) is 9.57. The van der Waals surface area contributed by atoms with Gasteiger partial charge in [-0.15, -0.1) is 0 Å². The number of nitrogens with zero attached hydrogens (tertiary/aromatic N) is 3. The fourth-order valence-electron chi connectivity index (χ4n) is 3.52. The van der Waals surface area contributed by atoms with Crippen LogP contribution in [0.3, 0.4) is 0 Å². The lowest BCUT2D eigenvalue weighted by molar-refractivity contribution is 0.102. The minimum Gasteiger partial charge on any atom is -0.496 e. The number of hydrogen-bond donors (Lipinski definition) is 3. The van der Waals surface area contributed by atoms with Crippen molar-refractivity contribution in [3.8, 4) is 17.3 Å². The molecule has 0 radical (unpaired) electrons. The second kappa shape index (κ2) is 8.64. The van der Waals surface area contributed by atoms with Gasteiger partial charge in [-0.2, -0.15) is 5.10 Å². The Hall–Kier alpha value is -3.24. The molecule has 1 amide bonds. The van der Waals surface area contributed by atoms with E-state index in [1.807, 2.05) is 0 Å². The van der Waals surface area contributed by atoms with Crippen LogP contribution in [0.25, 0.3) is 11.5 Å². The molecule has 0 fully saturated rings. The van der Waals surface area contributed by atoms with Gasteiger partial charge in [0, 0.05) is 33.2 Å². The number of carbonyl (C=O) groups is 1. The van der Waals surface area contributed by atoms with Gasteiger partial charge >= 0.3 is 0 Å². The summed E-state index contributed by atoms with van der Waals surface area (Å²) in [6.07, 6.45) is 2.28. The van der Waals surface area contributed by atoms with Crippen LogP contribution in [0.2, 0.25) is 0 Å². The smallest absolute Gasteiger partial charge is 0.262 e. The van der Waals surface area contributed by atoms with Crippen molar-refractivity contribution in [1.82, 2.24) is 25.1 Å². The molecule has 3 N–H and O–H groups in total. The number of halogens is 1. The summed E-state index contributed by atoms with van der Waals surface area (Å²) >= 11 is 0. The van der Waals surface area contributed by atoms with Gasteiger partial charge in [0.05, 0.1) is 37.0 Å². The molecule has 0 saturated carbocycles. The first kappa shape index (κ1) is 20.0. The van der Waals surface area contributed by atoms with Gasteiger partial charge in [-0.1, -0.05) is 6.07 Å². The number of ether oxygens (including phenoxy) is 2. The summed E-state index contributed by atoms with van der Waals surface area (Å²) in [4.78, 5) is 23.0. The molecule has 3 aromatic rings. The van der Waals surface area contributed by atoms with Gasteiger partial charge in [0.1, 0.15) is 22.8 Å². The first-order valence-corrected chi connectivity index (χ1v) is 9.57. The number of carbonyl (C=O) groups excluding carboxylic acids is 1. The number of H-pyrrole nitrogens is 2.